The average Bonchev–Trinajstić information content (AvgIpc) is 3.13. The van der Waals surface area contributed by atoms with E-state index in [4.69, 9.17) is 9.47 Å². The van der Waals surface area contributed by atoms with Gasteiger partial charge in [0.15, 0.2) is 0 Å². The Bertz CT molecular complexity index is 546. The molecular formula is C20H28O4. The van der Waals surface area contributed by atoms with Crippen LogP contribution >= 0.6 is 0 Å². The lowest BCUT2D eigenvalue weighted by Gasteiger charge is -2.20. The van der Waals surface area contributed by atoms with Crippen molar-refractivity contribution >= 4 is 11.9 Å². The first-order valence-electron chi connectivity index (χ1n) is 9.10. The number of benzene rings is 1. The maximum atomic E-state index is 12.5. The molecular weight excluding hydrogens is 304 g/mol. The summed E-state index contributed by atoms with van der Waals surface area (Å²) in [5.41, 5.74) is 0.584. The third-order valence-electron chi connectivity index (χ3n) is 4.70. The topological polar surface area (TPSA) is 52.6 Å². The zero-order valence-corrected chi connectivity index (χ0v) is 14.8. The molecule has 0 aromatic heterocycles. The Kier molecular flexibility index (Phi) is 7.29. The van der Waals surface area contributed by atoms with Crippen molar-refractivity contribution in [1.82, 2.24) is 0 Å². The molecule has 1 aliphatic carbocycles. The van der Waals surface area contributed by atoms with E-state index < -0.39 is 11.9 Å². The highest BCUT2D eigenvalue weighted by Crippen LogP contribution is 2.29. The Morgan fingerprint density at radius 2 is 1.71 bits per heavy atom. The van der Waals surface area contributed by atoms with Gasteiger partial charge in [-0.3, -0.25) is 0 Å². The van der Waals surface area contributed by atoms with Crippen molar-refractivity contribution in [3.8, 4) is 0 Å². The lowest BCUT2D eigenvalue weighted by atomic mass is 10.0. The highest BCUT2D eigenvalue weighted by atomic mass is 16.5. The van der Waals surface area contributed by atoms with E-state index in [-0.39, 0.29) is 11.7 Å². The number of hydrogen-bond donors (Lipinski definition) is 0. The molecule has 24 heavy (non-hydrogen) atoms. The molecule has 2 rings (SSSR count). The van der Waals surface area contributed by atoms with Crippen molar-refractivity contribution in [2.45, 2.75) is 64.9 Å². The summed E-state index contributed by atoms with van der Waals surface area (Å²) >= 11 is 0. The first kappa shape index (κ1) is 18.5. The number of rotatable bonds is 8. The van der Waals surface area contributed by atoms with Gasteiger partial charge >= 0.3 is 11.9 Å². The highest BCUT2D eigenvalue weighted by molar-refractivity contribution is 6.03. The molecule has 1 fully saturated rings. The normalized spacial score (nSPS) is 15.9. The minimum Gasteiger partial charge on any atom is -0.462 e. The Morgan fingerprint density at radius 3 is 2.33 bits per heavy atom. The van der Waals surface area contributed by atoms with Crippen LogP contribution in [0.4, 0.5) is 0 Å². The predicted octanol–water partition coefficient (Wildman–Crippen LogP) is 4.77. The van der Waals surface area contributed by atoms with Gasteiger partial charge in [-0.15, -0.1) is 0 Å². The van der Waals surface area contributed by atoms with E-state index in [0.29, 0.717) is 18.1 Å². The first-order valence-corrected chi connectivity index (χ1v) is 9.10. The lowest BCUT2D eigenvalue weighted by molar-refractivity contribution is 0.0196. The first-order chi connectivity index (χ1) is 11.6. The van der Waals surface area contributed by atoms with E-state index >= 15 is 0 Å². The molecule has 0 aliphatic heterocycles. The van der Waals surface area contributed by atoms with Gasteiger partial charge in [0.2, 0.25) is 0 Å². The van der Waals surface area contributed by atoms with Gasteiger partial charge in [0.1, 0.15) is 6.10 Å². The van der Waals surface area contributed by atoms with Gasteiger partial charge in [-0.25, -0.2) is 9.59 Å². The fourth-order valence-corrected chi connectivity index (χ4v) is 3.19. The van der Waals surface area contributed by atoms with Crippen molar-refractivity contribution in [1.29, 1.82) is 0 Å². The third kappa shape index (κ3) is 5.08. The summed E-state index contributed by atoms with van der Waals surface area (Å²) in [4.78, 5) is 24.7. The van der Waals surface area contributed by atoms with Crippen LogP contribution in [0.25, 0.3) is 0 Å². The summed E-state index contributed by atoms with van der Waals surface area (Å²) in [5, 5.41) is 0. The number of unbranched alkanes of at least 4 members (excludes halogenated alkanes) is 2. The van der Waals surface area contributed by atoms with Gasteiger partial charge < -0.3 is 9.47 Å². The highest BCUT2D eigenvalue weighted by Gasteiger charge is 2.26. The standard InChI is InChI=1S/C20H28O4/c1-3-4-9-14-23-19(21)17-12-7-8-13-18(17)20(22)24-15(2)16-10-5-6-11-16/h7-8,12-13,15-16H,3-6,9-11,14H2,1-2H3. The molecule has 4 nitrogen and oxygen atoms in total. The van der Waals surface area contributed by atoms with Gasteiger partial charge in [-0.05, 0) is 44.2 Å². The SMILES string of the molecule is CCCCCOC(=O)c1ccccc1C(=O)OC(C)C1CCCC1. The zero-order chi connectivity index (χ0) is 17.4. The van der Waals surface area contributed by atoms with E-state index in [1.54, 1.807) is 24.3 Å². The number of ether oxygens (including phenoxy) is 2. The van der Waals surface area contributed by atoms with Crippen LogP contribution in [0.5, 0.6) is 0 Å². The van der Waals surface area contributed by atoms with Gasteiger partial charge in [-0.1, -0.05) is 44.7 Å². The Labute approximate surface area is 144 Å². The molecule has 1 aromatic rings. The molecule has 0 saturated heterocycles. The van der Waals surface area contributed by atoms with E-state index in [1.807, 2.05) is 6.92 Å². The van der Waals surface area contributed by atoms with Crippen LogP contribution < -0.4 is 0 Å². The number of carbonyl (C=O) groups is 2. The van der Waals surface area contributed by atoms with Crippen molar-refractivity contribution in [3.05, 3.63) is 35.4 Å². The number of carbonyl (C=O) groups excluding carboxylic acids is 2. The minimum atomic E-state index is -0.452. The zero-order valence-electron chi connectivity index (χ0n) is 14.8. The summed E-state index contributed by atoms with van der Waals surface area (Å²) in [5.74, 6) is -0.454. The van der Waals surface area contributed by atoms with Gasteiger partial charge in [0.25, 0.3) is 0 Å². The fourth-order valence-electron chi connectivity index (χ4n) is 3.19. The van der Waals surface area contributed by atoms with Crippen LogP contribution in [-0.2, 0) is 9.47 Å². The van der Waals surface area contributed by atoms with Crippen molar-refractivity contribution in [3.63, 3.8) is 0 Å². The van der Waals surface area contributed by atoms with Crippen LogP contribution in [0.3, 0.4) is 0 Å². The van der Waals surface area contributed by atoms with Crippen LogP contribution in [0, 0.1) is 5.92 Å². The van der Waals surface area contributed by atoms with Gasteiger partial charge in [0.05, 0.1) is 17.7 Å². The minimum absolute atomic E-state index is 0.117. The second-order valence-corrected chi connectivity index (χ2v) is 6.54. The van der Waals surface area contributed by atoms with E-state index in [9.17, 15) is 9.59 Å². The Balaban J connectivity index is 1.98. The van der Waals surface area contributed by atoms with Crippen molar-refractivity contribution in [2.75, 3.05) is 6.61 Å². The summed E-state index contributed by atoms with van der Waals surface area (Å²) in [6, 6.07) is 6.73. The Hall–Kier alpha value is -1.84. The maximum Gasteiger partial charge on any atom is 0.339 e. The van der Waals surface area contributed by atoms with Crippen LogP contribution in [-0.4, -0.2) is 24.6 Å². The Morgan fingerprint density at radius 1 is 1.08 bits per heavy atom. The largest absolute Gasteiger partial charge is 0.462 e. The van der Waals surface area contributed by atoms with Crippen LogP contribution in [0.15, 0.2) is 24.3 Å². The lowest BCUT2D eigenvalue weighted by Crippen LogP contribution is -2.23. The molecule has 1 saturated carbocycles. The van der Waals surface area contributed by atoms with E-state index in [1.165, 1.54) is 12.8 Å². The molecule has 0 bridgehead atoms. The summed E-state index contributed by atoms with van der Waals surface area (Å²) in [7, 11) is 0. The molecule has 0 spiro atoms. The van der Waals surface area contributed by atoms with Gasteiger partial charge in [0, 0.05) is 0 Å². The second kappa shape index (κ2) is 9.45. The monoisotopic (exact) mass is 332 g/mol. The van der Waals surface area contributed by atoms with Crippen molar-refractivity contribution in [2.24, 2.45) is 5.92 Å². The third-order valence-corrected chi connectivity index (χ3v) is 4.70. The molecule has 0 heterocycles. The molecule has 0 amide bonds. The smallest absolute Gasteiger partial charge is 0.339 e. The molecule has 0 N–H and O–H groups in total. The van der Waals surface area contributed by atoms with Crippen LogP contribution in [0.2, 0.25) is 0 Å². The summed E-state index contributed by atoms with van der Waals surface area (Å²) in [6.45, 7) is 4.42. The molecule has 132 valence electrons. The summed E-state index contributed by atoms with van der Waals surface area (Å²) in [6.07, 6.45) is 7.43. The van der Waals surface area contributed by atoms with Crippen molar-refractivity contribution < 1.29 is 19.1 Å². The molecule has 1 unspecified atom stereocenters. The van der Waals surface area contributed by atoms with E-state index in [0.717, 1.165) is 32.1 Å². The molecule has 4 heteroatoms. The second-order valence-electron chi connectivity index (χ2n) is 6.54. The number of hydrogen-bond acceptors (Lipinski definition) is 4. The van der Waals surface area contributed by atoms with Crippen LogP contribution in [0.1, 0.15) is 79.5 Å². The molecule has 1 aromatic carbocycles. The molecule has 0 radical (unpaired) electrons. The molecule has 1 atom stereocenters. The average molecular weight is 332 g/mol. The fraction of sp³-hybridized carbons (Fsp3) is 0.600. The van der Waals surface area contributed by atoms with Gasteiger partial charge in [-0.2, -0.15) is 0 Å². The number of esters is 2. The van der Waals surface area contributed by atoms with E-state index in [2.05, 4.69) is 6.92 Å². The maximum absolute atomic E-state index is 12.5. The predicted molar refractivity (Wildman–Crippen MR) is 93.1 cm³/mol. The summed E-state index contributed by atoms with van der Waals surface area (Å²) < 4.78 is 10.9. The molecule has 1 aliphatic rings. The quantitative estimate of drug-likeness (QED) is 0.508.